The second-order valence-electron chi connectivity index (χ2n) is 7.64. The molecular weight excluding hydrogens is 521 g/mol. The lowest BCUT2D eigenvalue weighted by atomic mass is 10.2. The Labute approximate surface area is 203 Å². The monoisotopic (exact) mass is 536 g/mol. The summed E-state index contributed by atoms with van der Waals surface area (Å²) in [4.78, 5) is 18.0. The molecular formula is C20H16N4O6S4. The van der Waals surface area contributed by atoms with Gasteiger partial charge >= 0.3 is 0 Å². The summed E-state index contributed by atoms with van der Waals surface area (Å²) < 4.78 is 57.4. The van der Waals surface area contributed by atoms with E-state index < -0.39 is 42.4 Å². The van der Waals surface area contributed by atoms with E-state index in [1.165, 1.54) is 0 Å². The van der Waals surface area contributed by atoms with Crippen LogP contribution in [0.15, 0.2) is 56.4 Å². The number of fused-ring (bicyclic) bond motifs is 4. The van der Waals surface area contributed by atoms with E-state index in [1.54, 1.807) is 37.3 Å². The molecule has 0 aliphatic carbocycles. The molecule has 176 valence electrons. The van der Waals surface area contributed by atoms with Crippen LogP contribution in [0.3, 0.4) is 0 Å². The van der Waals surface area contributed by atoms with Gasteiger partial charge in [-0.1, -0.05) is 29.5 Å². The summed E-state index contributed by atoms with van der Waals surface area (Å²) in [5.41, 5.74) is 2.78. The number of aliphatic hydroxyl groups excluding tert-OH is 1. The average Bonchev–Trinajstić information content (AvgIpc) is 3.26. The number of nitrogens with zero attached hydrogens (tertiary/aromatic N) is 3. The van der Waals surface area contributed by atoms with Crippen LogP contribution in [0.25, 0.3) is 10.2 Å². The number of hydrogen-bond donors (Lipinski definition) is 2. The maximum atomic E-state index is 13.1. The van der Waals surface area contributed by atoms with Crippen LogP contribution in [-0.4, -0.2) is 43.8 Å². The van der Waals surface area contributed by atoms with Crippen LogP contribution in [0.5, 0.6) is 0 Å². The third-order valence-electron chi connectivity index (χ3n) is 5.04. The van der Waals surface area contributed by atoms with E-state index in [4.69, 9.17) is 0 Å². The lowest BCUT2D eigenvalue weighted by molar-refractivity contribution is -0.113. The Bertz CT molecular complexity index is 1670. The molecule has 14 heteroatoms. The van der Waals surface area contributed by atoms with Crippen LogP contribution in [0.1, 0.15) is 11.1 Å². The third-order valence-corrected chi connectivity index (χ3v) is 9.93. The predicted octanol–water partition coefficient (Wildman–Crippen LogP) is 3.26. The topological polar surface area (TPSA) is 146 Å². The Kier molecular flexibility index (Phi) is 5.24. The van der Waals surface area contributed by atoms with Gasteiger partial charge in [0.1, 0.15) is 11.5 Å². The molecule has 0 saturated heterocycles. The maximum absolute atomic E-state index is 13.1. The molecule has 2 aliphatic heterocycles. The fourth-order valence-corrected chi connectivity index (χ4v) is 8.25. The minimum atomic E-state index is -4.63. The zero-order valence-corrected chi connectivity index (χ0v) is 20.9. The van der Waals surface area contributed by atoms with Gasteiger partial charge in [0, 0.05) is 4.90 Å². The van der Waals surface area contributed by atoms with Gasteiger partial charge in [-0.25, -0.2) is 13.4 Å². The van der Waals surface area contributed by atoms with Crippen molar-refractivity contribution in [3.63, 3.8) is 0 Å². The van der Waals surface area contributed by atoms with Crippen molar-refractivity contribution >= 4 is 75.3 Å². The van der Waals surface area contributed by atoms with Gasteiger partial charge in [0.2, 0.25) is 10.0 Å². The van der Waals surface area contributed by atoms with Crippen molar-refractivity contribution in [3.05, 3.63) is 58.2 Å². The number of amidine groups is 1. The van der Waals surface area contributed by atoms with Gasteiger partial charge in [-0.05, 0) is 54.9 Å². The van der Waals surface area contributed by atoms with Crippen molar-refractivity contribution in [2.24, 2.45) is 4.40 Å². The molecule has 0 radical (unpaired) electrons. The van der Waals surface area contributed by atoms with Crippen LogP contribution in [-0.2, 0) is 24.8 Å². The zero-order chi connectivity index (χ0) is 24.4. The first-order chi connectivity index (χ1) is 15.9. The molecule has 0 spiro atoms. The summed E-state index contributed by atoms with van der Waals surface area (Å²) in [6, 6.07) is 10.6. The molecule has 0 atom stereocenters. The standard InChI is InChI=1S/C20H16N4O6S4/c1-10-6-7-15-12(8-10)21-19(31-15)22-33(27,28)9-14(25)17-18(26)24-13-5-3-4-11(2)16(13)32-20(24)23-34(17,29)30/h3-8,25H,9H2,1-2H3,(H,21,22)/b17-14+. The number of aryl methyl sites for hydroxylation is 2. The quantitative estimate of drug-likeness (QED) is 0.382. The normalized spacial score (nSPS) is 18.5. The average molecular weight is 537 g/mol. The number of anilines is 2. The van der Waals surface area contributed by atoms with Crippen molar-refractivity contribution in [3.8, 4) is 0 Å². The summed E-state index contributed by atoms with van der Waals surface area (Å²) >= 11 is 2.10. The zero-order valence-electron chi connectivity index (χ0n) is 17.6. The molecule has 2 aromatic carbocycles. The Balaban J connectivity index is 1.49. The number of carbonyl (C=O) groups is 1. The number of aliphatic hydroxyl groups is 1. The number of rotatable bonds is 4. The summed E-state index contributed by atoms with van der Waals surface area (Å²) in [5, 5.41) is 10.5. The number of benzene rings is 2. The molecule has 3 heterocycles. The van der Waals surface area contributed by atoms with Crippen LogP contribution < -0.4 is 9.62 Å². The third kappa shape index (κ3) is 3.85. The lowest BCUT2D eigenvalue weighted by Gasteiger charge is -2.22. The molecule has 2 N–H and O–H groups in total. The molecule has 0 fully saturated rings. The van der Waals surface area contributed by atoms with E-state index >= 15 is 0 Å². The number of thioether (sulfide) groups is 1. The van der Waals surface area contributed by atoms with E-state index in [2.05, 4.69) is 14.1 Å². The lowest BCUT2D eigenvalue weighted by Crippen LogP contribution is -2.41. The molecule has 0 saturated carbocycles. The minimum Gasteiger partial charge on any atom is -0.509 e. The van der Waals surface area contributed by atoms with Crippen LogP contribution in [0, 0.1) is 13.8 Å². The Morgan fingerprint density at radius 2 is 1.97 bits per heavy atom. The highest BCUT2D eigenvalue weighted by Gasteiger charge is 2.45. The van der Waals surface area contributed by atoms with Gasteiger partial charge in [0.05, 0.1) is 15.9 Å². The first-order valence-electron chi connectivity index (χ1n) is 9.72. The van der Waals surface area contributed by atoms with Gasteiger partial charge in [-0.3, -0.25) is 14.4 Å². The number of thiazole rings is 1. The van der Waals surface area contributed by atoms with E-state index in [1.807, 2.05) is 13.0 Å². The molecule has 0 unspecified atom stereocenters. The molecule has 1 aromatic heterocycles. The van der Waals surface area contributed by atoms with E-state index in [-0.39, 0.29) is 10.3 Å². The largest absolute Gasteiger partial charge is 0.509 e. The van der Waals surface area contributed by atoms with E-state index in [0.29, 0.717) is 16.1 Å². The SMILES string of the molecule is Cc1ccc2sc(NS(=O)(=O)C/C(O)=C3/C(=O)N4C(=NS3(=O)=O)Sc3c(C)cccc34)nc2c1. The summed E-state index contributed by atoms with van der Waals surface area (Å²) in [6.45, 7) is 3.68. The molecule has 1 amide bonds. The molecule has 3 aromatic rings. The van der Waals surface area contributed by atoms with Crippen LogP contribution in [0.2, 0.25) is 0 Å². The molecule has 10 nitrogen and oxygen atoms in total. The van der Waals surface area contributed by atoms with Crippen molar-refractivity contribution in [1.82, 2.24) is 4.98 Å². The first kappa shape index (κ1) is 22.8. The fraction of sp³-hybridized carbons (Fsp3) is 0.150. The number of amides is 1. The molecule has 5 rings (SSSR count). The highest BCUT2D eigenvalue weighted by atomic mass is 32.2. The number of hydrogen-bond acceptors (Lipinski definition) is 9. The number of aromatic nitrogens is 1. The maximum Gasteiger partial charge on any atom is 0.293 e. The predicted molar refractivity (Wildman–Crippen MR) is 132 cm³/mol. The second kappa shape index (κ2) is 7.80. The van der Waals surface area contributed by atoms with Gasteiger partial charge < -0.3 is 5.11 Å². The van der Waals surface area contributed by atoms with Crippen molar-refractivity contribution < 1.29 is 26.7 Å². The fourth-order valence-electron chi connectivity index (χ4n) is 3.57. The number of carbonyl (C=O) groups excluding carboxylic acids is 1. The Morgan fingerprint density at radius 1 is 1.21 bits per heavy atom. The Morgan fingerprint density at radius 3 is 2.74 bits per heavy atom. The minimum absolute atomic E-state index is 0.0527. The van der Waals surface area contributed by atoms with Gasteiger partial charge in [0.15, 0.2) is 15.2 Å². The summed E-state index contributed by atoms with van der Waals surface area (Å²) in [5.74, 6) is -3.33. The summed E-state index contributed by atoms with van der Waals surface area (Å²) in [6.07, 6.45) is 0. The summed E-state index contributed by atoms with van der Waals surface area (Å²) in [7, 11) is -8.93. The van der Waals surface area contributed by atoms with Crippen molar-refractivity contribution in [2.75, 3.05) is 15.4 Å². The van der Waals surface area contributed by atoms with Gasteiger partial charge in [-0.15, -0.1) is 4.40 Å². The molecule has 2 aliphatic rings. The Hall–Kier alpha value is -2.94. The highest BCUT2D eigenvalue weighted by molar-refractivity contribution is 8.16. The first-order valence-corrected chi connectivity index (χ1v) is 14.4. The number of sulfonamides is 2. The molecule has 34 heavy (non-hydrogen) atoms. The van der Waals surface area contributed by atoms with Crippen molar-refractivity contribution in [1.29, 1.82) is 0 Å². The van der Waals surface area contributed by atoms with Crippen molar-refractivity contribution in [2.45, 2.75) is 18.7 Å². The van der Waals surface area contributed by atoms with Crippen LogP contribution in [0.4, 0.5) is 10.8 Å². The second-order valence-corrected chi connectivity index (χ2v) is 12.9. The number of nitrogens with one attached hydrogen (secondary N) is 1. The van der Waals surface area contributed by atoms with E-state index in [9.17, 15) is 26.7 Å². The smallest absolute Gasteiger partial charge is 0.293 e. The highest BCUT2D eigenvalue weighted by Crippen LogP contribution is 2.45. The van der Waals surface area contributed by atoms with Gasteiger partial charge in [0.25, 0.3) is 15.9 Å². The van der Waals surface area contributed by atoms with E-state index in [0.717, 1.165) is 43.8 Å². The molecule has 0 bridgehead atoms. The van der Waals surface area contributed by atoms with Gasteiger partial charge in [-0.2, -0.15) is 8.42 Å². The van der Waals surface area contributed by atoms with Crippen LogP contribution >= 0.6 is 23.1 Å².